The highest BCUT2D eigenvalue weighted by Crippen LogP contribution is 2.47. The highest BCUT2D eigenvalue weighted by molar-refractivity contribution is 8.16. The molecule has 0 fully saturated rings. The van der Waals surface area contributed by atoms with E-state index < -0.39 is 12.0 Å². The van der Waals surface area contributed by atoms with Crippen molar-refractivity contribution in [3.63, 3.8) is 0 Å². The number of nitrogens with one attached hydrogen (secondary N) is 1. The Balaban J connectivity index is 1.72. The zero-order valence-electron chi connectivity index (χ0n) is 22.3. The van der Waals surface area contributed by atoms with Crippen molar-refractivity contribution < 1.29 is 23.8 Å². The number of carbonyl (C=O) groups is 2. The summed E-state index contributed by atoms with van der Waals surface area (Å²) in [4.78, 5) is 33.1. The number of rotatable bonds is 10. The molecule has 9 heteroatoms. The van der Waals surface area contributed by atoms with Crippen LogP contribution in [0.15, 0.2) is 75.9 Å². The van der Waals surface area contributed by atoms with Gasteiger partial charge in [0.2, 0.25) is 5.91 Å². The molecule has 8 nitrogen and oxygen atoms in total. The van der Waals surface area contributed by atoms with Crippen molar-refractivity contribution in [3.05, 3.63) is 82.0 Å². The number of thioether (sulfide) groups is 1. The van der Waals surface area contributed by atoms with Crippen molar-refractivity contribution >= 4 is 28.8 Å². The average molecular weight is 536 g/mol. The van der Waals surface area contributed by atoms with E-state index in [1.807, 2.05) is 66.6 Å². The largest absolute Gasteiger partial charge is 0.497 e. The zero-order valence-corrected chi connectivity index (χ0v) is 23.1. The molecule has 1 N–H and O–H groups in total. The lowest BCUT2D eigenvalue weighted by atomic mass is 9.93. The predicted octanol–water partition coefficient (Wildman–Crippen LogP) is 5.18. The van der Waals surface area contributed by atoms with Crippen molar-refractivity contribution in [2.75, 3.05) is 20.8 Å². The molecular formula is C29H33N3O5S. The molecule has 2 heterocycles. The first kappa shape index (κ1) is 27.3. The molecule has 0 saturated carbocycles. The van der Waals surface area contributed by atoms with E-state index in [2.05, 4.69) is 5.32 Å². The summed E-state index contributed by atoms with van der Waals surface area (Å²) >= 11 is 1.43. The second-order valence-corrected chi connectivity index (χ2v) is 10.3. The lowest BCUT2D eigenvalue weighted by molar-refractivity contribution is -0.141. The van der Waals surface area contributed by atoms with Crippen LogP contribution in [-0.4, -0.2) is 42.7 Å². The van der Waals surface area contributed by atoms with Crippen LogP contribution in [0, 0.1) is 5.92 Å². The Morgan fingerprint density at radius 1 is 1.11 bits per heavy atom. The molecule has 0 saturated heterocycles. The van der Waals surface area contributed by atoms with Gasteiger partial charge in [0.15, 0.2) is 5.17 Å². The van der Waals surface area contributed by atoms with Crippen LogP contribution >= 0.6 is 11.8 Å². The fourth-order valence-corrected chi connectivity index (χ4v) is 5.28. The van der Waals surface area contributed by atoms with Gasteiger partial charge in [0, 0.05) is 23.9 Å². The Morgan fingerprint density at radius 2 is 1.87 bits per heavy atom. The van der Waals surface area contributed by atoms with Gasteiger partial charge in [-0.05, 0) is 35.9 Å². The van der Waals surface area contributed by atoms with Crippen LogP contribution in [0.1, 0.15) is 44.4 Å². The molecule has 2 aliphatic heterocycles. The minimum Gasteiger partial charge on any atom is -0.497 e. The Bertz CT molecular complexity index is 1290. The number of carbonyl (C=O) groups excluding carboxylic acids is 2. The average Bonchev–Trinajstić information content (AvgIpc) is 3.31. The van der Waals surface area contributed by atoms with E-state index in [-0.39, 0.29) is 18.9 Å². The normalized spacial score (nSPS) is 16.6. The van der Waals surface area contributed by atoms with Gasteiger partial charge in [0.1, 0.15) is 18.1 Å². The van der Waals surface area contributed by atoms with E-state index in [1.165, 1.54) is 11.8 Å². The third-order valence-electron chi connectivity index (χ3n) is 6.22. The molecular weight excluding hydrogens is 502 g/mol. The number of fused-ring (bicyclic) bond motifs is 1. The second-order valence-electron chi connectivity index (χ2n) is 9.44. The number of benzene rings is 2. The number of nitrogens with zero attached hydrogens (tertiary/aromatic N) is 2. The van der Waals surface area contributed by atoms with Gasteiger partial charge in [0.25, 0.3) is 0 Å². The van der Waals surface area contributed by atoms with Crippen LogP contribution in [0.25, 0.3) is 0 Å². The number of amides is 1. The fraction of sp³-hybridized carbons (Fsp3) is 0.345. The van der Waals surface area contributed by atoms with Gasteiger partial charge in [-0.3, -0.25) is 4.79 Å². The minimum absolute atomic E-state index is 0.0910. The number of ether oxygens (including phenoxy) is 3. The number of aliphatic imine (C=N–C) groups is 1. The van der Waals surface area contributed by atoms with Gasteiger partial charge >= 0.3 is 5.97 Å². The Labute approximate surface area is 227 Å². The topological polar surface area (TPSA) is 89.5 Å². The number of allylic oxidation sites excluding steroid dienone is 1. The van der Waals surface area contributed by atoms with E-state index in [4.69, 9.17) is 19.2 Å². The van der Waals surface area contributed by atoms with E-state index in [9.17, 15) is 9.59 Å². The molecule has 0 spiro atoms. The molecule has 0 aliphatic carbocycles. The first-order valence-electron chi connectivity index (χ1n) is 12.5. The highest BCUT2D eigenvalue weighted by Gasteiger charge is 2.42. The molecule has 1 amide bonds. The van der Waals surface area contributed by atoms with E-state index in [1.54, 1.807) is 27.2 Å². The second kappa shape index (κ2) is 12.2. The third-order valence-corrected chi connectivity index (χ3v) is 7.11. The Hall–Kier alpha value is -3.72. The molecule has 1 unspecified atom stereocenters. The minimum atomic E-state index is -0.606. The van der Waals surface area contributed by atoms with Crippen LogP contribution in [0.2, 0.25) is 0 Å². The van der Waals surface area contributed by atoms with E-state index in [0.29, 0.717) is 40.4 Å². The predicted molar refractivity (Wildman–Crippen MR) is 149 cm³/mol. The zero-order chi connectivity index (χ0) is 27.2. The molecule has 38 heavy (non-hydrogen) atoms. The first-order valence-corrected chi connectivity index (χ1v) is 13.3. The summed E-state index contributed by atoms with van der Waals surface area (Å²) < 4.78 is 16.9. The van der Waals surface area contributed by atoms with E-state index in [0.717, 1.165) is 16.8 Å². The number of methoxy groups -OCH3 is 2. The summed E-state index contributed by atoms with van der Waals surface area (Å²) in [7, 11) is 3.17. The van der Waals surface area contributed by atoms with Crippen LogP contribution in [-0.2, 0) is 20.9 Å². The van der Waals surface area contributed by atoms with Gasteiger partial charge in [0.05, 0.1) is 38.0 Å². The fourth-order valence-electron chi connectivity index (χ4n) is 4.32. The smallest absolute Gasteiger partial charge is 0.338 e. The van der Waals surface area contributed by atoms with Gasteiger partial charge < -0.3 is 24.4 Å². The summed E-state index contributed by atoms with van der Waals surface area (Å²) in [6.07, 6.45) is 0.152. The van der Waals surface area contributed by atoms with Gasteiger partial charge in [-0.25, -0.2) is 9.79 Å². The van der Waals surface area contributed by atoms with Gasteiger partial charge in [-0.15, -0.1) is 0 Å². The molecule has 2 aromatic rings. The van der Waals surface area contributed by atoms with Crippen molar-refractivity contribution in [3.8, 4) is 11.5 Å². The molecule has 0 bridgehead atoms. The first-order chi connectivity index (χ1) is 18.3. The maximum atomic E-state index is 13.6. The molecule has 2 aromatic carbocycles. The van der Waals surface area contributed by atoms with Crippen molar-refractivity contribution in [2.45, 2.75) is 39.8 Å². The van der Waals surface area contributed by atoms with Crippen LogP contribution < -0.4 is 14.8 Å². The number of hydrogen-bond acceptors (Lipinski definition) is 8. The summed E-state index contributed by atoms with van der Waals surface area (Å²) in [5, 5.41) is 5.59. The van der Waals surface area contributed by atoms with Gasteiger partial charge in [-0.1, -0.05) is 55.9 Å². The Kier molecular flexibility index (Phi) is 8.78. The SMILES string of the molecule is COc1ccc(C2C(C(=O)OCc3ccccc3)=C(C)N=C3SC=C(CC(=O)NCC(C)C)N32)c(OC)c1. The van der Waals surface area contributed by atoms with E-state index >= 15 is 0 Å². The summed E-state index contributed by atoms with van der Waals surface area (Å²) in [5.74, 6) is 0.955. The maximum Gasteiger partial charge on any atom is 0.338 e. The van der Waals surface area contributed by atoms with Gasteiger partial charge in [-0.2, -0.15) is 0 Å². The van der Waals surface area contributed by atoms with Crippen LogP contribution in [0.3, 0.4) is 0 Å². The lowest BCUT2D eigenvalue weighted by Gasteiger charge is -2.36. The lowest BCUT2D eigenvalue weighted by Crippen LogP contribution is -2.38. The van der Waals surface area contributed by atoms with Crippen LogP contribution in [0.5, 0.6) is 11.5 Å². The molecule has 200 valence electrons. The monoisotopic (exact) mass is 535 g/mol. The number of amidine groups is 1. The maximum absolute atomic E-state index is 13.6. The molecule has 0 radical (unpaired) electrons. The highest BCUT2D eigenvalue weighted by atomic mass is 32.2. The molecule has 4 rings (SSSR count). The summed E-state index contributed by atoms with van der Waals surface area (Å²) in [5.41, 5.74) is 3.32. The summed E-state index contributed by atoms with van der Waals surface area (Å²) in [6.45, 7) is 6.63. The van der Waals surface area contributed by atoms with Crippen molar-refractivity contribution in [1.82, 2.24) is 10.2 Å². The van der Waals surface area contributed by atoms with Crippen LogP contribution in [0.4, 0.5) is 0 Å². The van der Waals surface area contributed by atoms with Crippen molar-refractivity contribution in [2.24, 2.45) is 10.9 Å². The quantitative estimate of drug-likeness (QED) is 0.419. The standard InChI is InChI=1S/C29H33N3O5S/c1-18(2)15-30-25(33)13-21-17-38-29-31-19(3)26(28(34)37-16-20-9-7-6-8-10-20)27(32(21)29)23-12-11-22(35-4)14-24(23)36-5/h6-12,14,17-18,27H,13,15-16H2,1-5H3,(H,30,33). The Morgan fingerprint density at radius 3 is 2.55 bits per heavy atom. The molecule has 2 aliphatic rings. The molecule has 0 aromatic heterocycles. The third kappa shape index (κ3) is 6.05. The number of esters is 1. The summed E-state index contributed by atoms with van der Waals surface area (Å²) in [6, 6.07) is 14.4. The van der Waals surface area contributed by atoms with Crippen molar-refractivity contribution in [1.29, 1.82) is 0 Å². The number of hydrogen-bond donors (Lipinski definition) is 1. The molecule has 1 atom stereocenters.